The fraction of sp³-hybridized carbons (Fsp3) is 0.231. The number of nitrogens with zero attached hydrogens (tertiary/aromatic N) is 2. The summed E-state index contributed by atoms with van der Waals surface area (Å²) in [4.78, 5) is 7.99. The lowest BCUT2D eigenvalue weighted by atomic mass is 10.1. The van der Waals surface area contributed by atoms with Gasteiger partial charge in [0.15, 0.2) is 0 Å². The summed E-state index contributed by atoms with van der Waals surface area (Å²) in [5.41, 5.74) is 0.994. The molecule has 94 valence electrons. The van der Waals surface area contributed by atoms with E-state index in [-0.39, 0.29) is 5.82 Å². The van der Waals surface area contributed by atoms with Crippen LogP contribution in [0.2, 0.25) is 5.15 Å². The number of rotatable bonds is 5. The molecule has 0 fully saturated rings. The van der Waals surface area contributed by atoms with Gasteiger partial charge in [-0.2, -0.15) is 0 Å². The van der Waals surface area contributed by atoms with Crippen LogP contribution in [0.4, 0.5) is 10.2 Å². The maximum Gasteiger partial charge on any atom is 0.149 e. The van der Waals surface area contributed by atoms with Crippen LogP contribution in [-0.4, -0.2) is 16.5 Å². The molecule has 18 heavy (non-hydrogen) atoms. The highest BCUT2D eigenvalue weighted by Gasteiger charge is 1.97. The largest absolute Gasteiger partial charge is 0.369 e. The van der Waals surface area contributed by atoms with Crippen molar-refractivity contribution in [2.45, 2.75) is 12.8 Å². The van der Waals surface area contributed by atoms with Crippen LogP contribution < -0.4 is 5.32 Å². The molecular weight excluding hydrogens is 253 g/mol. The second-order valence-electron chi connectivity index (χ2n) is 3.89. The summed E-state index contributed by atoms with van der Waals surface area (Å²) in [5.74, 6) is 0.461. The number of nitrogens with one attached hydrogen (secondary N) is 1. The van der Waals surface area contributed by atoms with Crippen molar-refractivity contribution in [3.63, 3.8) is 0 Å². The SMILES string of the molecule is Fc1cccc(CCCNc2cncc(Cl)n2)c1. The second kappa shape index (κ2) is 6.31. The van der Waals surface area contributed by atoms with Crippen molar-refractivity contribution >= 4 is 17.4 Å². The normalized spacial score (nSPS) is 10.3. The van der Waals surface area contributed by atoms with Gasteiger partial charge < -0.3 is 5.32 Å². The van der Waals surface area contributed by atoms with Crippen LogP contribution in [-0.2, 0) is 6.42 Å². The molecule has 0 spiro atoms. The summed E-state index contributed by atoms with van der Waals surface area (Å²) in [6.45, 7) is 0.742. The van der Waals surface area contributed by atoms with Crippen molar-refractivity contribution in [1.29, 1.82) is 0 Å². The summed E-state index contributed by atoms with van der Waals surface area (Å²) in [7, 11) is 0. The Morgan fingerprint density at radius 2 is 2.17 bits per heavy atom. The lowest BCUT2D eigenvalue weighted by Gasteiger charge is -2.05. The van der Waals surface area contributed by atoms with Crippen LogP contribution in [0.5, 0.6) is 0 Å². The number of anilines is 1. The molecule has 0 bridgehead atoms. The van der Waals surface area contributed by atoms with Crippen LogP contribution in [0.3, 0.4) is 0 Å². The summed E-state index contributed by atoms with van der Waals surface area (Å²) in [6, 6.07) is 6.64. The summed E-state index contributed by atoms with van der Waals surface area (Å²) >= 11 is 5.72. The summed E-state index contributed by atoms with van der Waals surface area (Å²) in [5, 5.41) is 3.48. The molecule has 0 aliphatic carbocycles. The van der Waals surface area contributed by atoms with Crippen molar-refractivity contribution in [2.24, 2.45) is 0 Å². The number of aromatic nitrogens is 2. The van der Waals surface area contributed by atoms with Crippen molar-refractivity contribution < 1.29 is 4.39 Å². The quantitative estimate of drug-likeness (QED) is 0.843. The number of hydrogen-bond acceptors (Lipinski definition) is 3. The summed E-state index contributed by atoms with van der Waals surface area (Å²) < 4.78 is 12.9. The Morgan fingerprint density at radius 1 is 1.28 bits per heavy atom. The minimum atomic E-state index is -0.193. The van der Waals surface area contributed by atoms with Crippen LogP contribution in [0.1, 0.15) is 12.0 Å². The molecule has 0 amide bonds. The molecule has 0 radical (unpaired) electrons. The molecule has 1 aromatic carbocycles. The van der Waals surface area contributed by atoms with Crippen molar-refractivity contribution in [3.8, 4) is 0 Å². The fourth-order valence-electron chi connectivity index (χ4n) is 1.63. The molecule has 1 heterocycles. The van der Waals surface area contributed by atoms with E-state index in [0.717, 1.165) is 24.9 Å². The first kappa shape index (κ1) is 12.8. The Morgan fingerprint density at radius 3 is 2.94 bits per heavy atom. The highest BCUT2D eigenvalue weighted by atomic mass is 35.5. The third-order valence-electron chi connectivity index (χ3n) is 2.44. The molecule has 5 heteroatoms. The number of halogens is 2. The predicted octanol–water partition coefficient (Wildman–Crippen LogP) is 3.31. The molecule has 0 saturated carbocycles. The van der Waals surface area contributed by atoms with Crippen molar-refractivity contribution in [1.82, 2.24) is 9.97 Å². The van der Waals surface area contributed by atoms with Gasteiger partial charge in [-0.05, 0) is 30.5 Å². The van der Waals surface area contributed by atoms with Crippen molar-refractivity contribution in [2.75, 3.05) is 11.9 Å². The Bertz CT molecular complexity index is 472. The first-order valence-corrected chi connectivity index (χ1v) is 6.08. The van der Waals surface area contributed by atoms with Gasteiger partial charge in [0.25, 0.3) is 0 Å². The molecule has 2 aromatic rings. The van der Waals surface area contributed by atoms with Crippen molar-refractivity contribution in [3.05, 3.63) is 53.2 Å². The molecule has 0 aliphatic heterocycles. The molecule has 0 saturated heterocycles. The van der Waals surface area contributed by atoms with Gasteiger partial charge in [-0.3, -0.25) is 4.98 Å². The van der Waals surface area contributed by atoms with E-state index >= 15 is 0 Å². The van der Waals surface area contributed by atoms with E-state index in [1.807, 2.05) is 6.07 Å². The smallest absolute Gasteiger partial charge is 0.149 e. The van der Waals surface area contributed by atoms with E-state index in [1.165, 1.54) is 12.3 Å². The zero-order chi connectivity index (χ0) is 12.8. The molecular formula is C13H13ClFN3. The molecule has 0 aliphatic rings. The molecule has 0 unspecified atom stereocenters. The van der Waals surface area contributed by atoms with Gasteiger partial charge in [-0.15, -0.1) is 0 Å². The van der Waals surface area contributed by atoms with Crippen LogP contribution in [0.25, 0.3) is 0 Å². The number of aryl methyl sites for hydroxylation is 1. The van der Waals surface area contributed by atoms with E-state index in [1.54, 1.807) is 18.3 Å². The average molecular weight is 266 g/mol. The van der Waals surface area contributed by atoms with Gasteiger partial charge in [0.05, 0.1) is 12.4 Å². The third-order valence-corrected chi connectivity index (χ3v) is 2.62. The zero-order valence-corrected chi connectivity index (χ0v) is 10.5. The standard InChI is InChI=1S/C13H13ClFN3/c14-12-8-16-9-13(18-12)17-6-2-4-10-3-1-5-11(15)7-10/h1,3,5,7-9H,2,4,6H2,(H,17,18). The van der Waals surface area contributed by atoms with Crippen LogP contribution in [0.15, 0.2) is 36.7 Å². The van der Waals surface area contributed by atoms with Crippen LogP contribution in [0, 0.1) is 5.82 Å². The first-order chi connectivity index (χ1) is 8.74. The third kappa shape index (κ3) is 3.96. The highest BCUT2D eigenvalue weighted by molar-refractivity contribution is 6.29. The average Bonchev–Trinajstić information content (AvgIpc) is 2.35. The lowest BCUT2D eigenvalue weighted by molar-refractivity contribution is 0.624. The topological polar surface area (TPSA) is 37.8 Å². The Labute approximate surface area is 110 Å². The molecule has 0 atom stereocenters. The minimum absolute atomic E-state index is 0.193. The van der Waals surface area contributed by atoms with E-state index in [2.05, 4.69) is 15.3 Å². The molecule has 1 N–H and O–H groups in total. The summed E-state index contributed by atoms with van der Waals surface area (Å²) in [6.07, 6.45) is 4.81. The Balaban J connectivity index is 1.76. The van der Waals surface area contributed by atoms with Gasteiger partial charge in [0, 0.05) is 6.54 Å². The van der Waals surface area contributed by atoms with Gasteiger partial charge in [0.1, 0.15) is 16.8 Å². The molecule has 1 aromatic heterocycles. The van der Waals surface area contributed by atoms with E-state index in [9.17, 15) is 4.39 Å². The van der Waals surface area contributed by atoms with Gasteiger partial charge in [-0.1, -0.05) is 23.7 Å². The Kier molecular flexibility index (Phi) is 4.47. The number of benzene rings is 1. The minimum Gasteiger partial charge on any atom is -0.369 e. The maximum absolute atomic E-state index is 12.9. The van der Waals surface area contributed by atoms with E-state index < -0.39 is 0 Å². The lowest BCUT2D eigenvalue weighted by Crippen LogP contribution is -2.05. The monoisotopic (exact) mass is 265 g/mol. The second-order valence-corrected chi connectivity index (χ2v) is 4.27. The highest BCUT2D eigenvalue weighted by Crippen LogP contribution is 2.08. The zero-order valence-electron chi connectivity index (χ0n) is 9.74. The Hall–Kier alpha value is -1.68. The van der Waals surface area contributed by atoms with E-state index in [4.69, 9.17) is 11.6 Å². The predicted molar refractivity (Wildman–Crippen MR) is 70.3 cm³/mol. The molecule has 2 rings (SSSR count). The van der Waals surface area contributed by atoms with E-state index in [0.29, 0.717) is 11.0 Å². The van der Waals surface area contributed by atoms with Gasteiger partial charge >= 0.3 is 0 Å². The maximum atomic E-state index is 12.9. The fourth-order valence-corrected chi connectivity index (χ4v) is 1.78. The van der Waals surface area contributed by atoms with Gasteiger partial charge in [-0.25, -0.2) is 9.37 Å². The first-order valence-electron chi connectivity index (χ1n) is 5.70. The molecule has 3 nitrogen and oxygen atoms in total. The number of hydrogen-bond donors (Lipinski definition) is 1. The van der Waals surface area contributed by atoms with Gasteiger partial charge in [0.2, 0.25) is 0 Å². The van der Waals surface area contributed by atoms with Crippen LogP contribution >= 0.6 is 11.6 Å².